The largest absolute Gasteiger partial charge is 0.445 e. The summed E-state index contributed by atoms with van der Waals surface area (Å²) >= 11 is 0. The Morgan fingerprint density at radius 1 is 0.943 bits per heavy atom. The topological polar surface area (TPSA) is 99.7 Å². The Labute approximate surface area is 205 Å². The van der Waals surface area contributed by atoms with Crippen molar-refractivity contribution in [3.8, 4) is 0 Å². The van der Waals surface area contributed by atoms with Crippen LogP contribution in [-0.4, -0.2) is 59.6 Å². The van der Waals surface area contributed by atoms with Crippen molar-refractivity contribution in [1.82, 2.24) is 20.2 Å². The summed E-state index contributed by atoms with van der Waals surface area (Å²) in [6, 6.07) is 19.4. The van der Waals surface area contributed by atoms with Crippen molar-refractivity contribution < 1.29 is 14.3 Å². The number of alkyl carbamates (subject to hydrolysis) is 1. The third-order valence-electron chi connectivity index (χ3n) is 5.68. The van der Waals surface area contributed by atoms with Crippen LogP contribution in [0.3, 0.4) is 0 Å². The third-order valence-corrected chi connectivity index (χ3v) is 5.68. The number of hydrogen-bond donors (Lipinski definition) is 2. The van der Waals surface area contributed by atoms with E-state index in [1.807, 2.05) is 67.6 Å². The highest BCUT2D eigenvalue weighted by atomic mass is 16.5. The van der Waals surface area contributed by atoms with Crippen LogP contribution in [0.15, 0.2) is 60.7 Å². The minimum absolute atomic E-state index is 0.0980. The van der Waals surface area contributed by atoms with Gasteiger partial charge in [-0.15, -0.1) is 0 Å². The monoisotopic (exact) mass is 474 g/mol. The van der Waals surface area contributed by atoms with Crippen LogP contribution in [0, 0.1) is 13.8 Å². The predicted molar refractivity (Wildman–Crippen MR) is 135 cm³/mol. The molecule has 1 saturated heterocycles. The maximum Gasteiger partial charge on any atom is 0.407 e. The number of hydrogen-bond acceptors (Lipinski definition) is 7. The lowest BCUT2D eigenvalue weighted by atomic mass is 10.2. The Hall–Kier alpha value is -4.14. The van der Waals surface area contributed by atoms with E-state index in [0.29, 0.717) is 32.1 Å². The van der Waals surface area contributed by atoms with Crippen LogP contribution < -0.4 is 15.5 Å². The molecule has 2 heterocycles. The fourth-order valence-corrected chi connectivity index (χ4v) is 3.73. The summed E-state index contributed by atoms with van der Waals surface area (Å²) in [7, 11) is 0. The normalized spacial score (nSPS) is 13.3. The summed E-state index contributed by atoms with van der Waals surface area (Å²) in [5.41, 5.74) is 3.91. The van der Waals surface area contributed by atoms with Crippen LogP contribution in [0.5, 0.6) is 0 Å². The number of aryl methyl sites for hydroxylation is 2. The molecule has 0 aliphatic carbocycles. The van der Waals surface area contributed by atoms with Gasteiger partial charge in [-0.05, 0) is 31.5 Å². The van der Waals surface area contributed by atoms with Gasteiger partial charge in [-0.3, -0.25) is 4.79 Å². The van der Waals surface area contributed by atoms with Gasteiger partial charge < -0.3 is 25.2 Å². The molecule has 9 heteroatoms. The van der Waals surface area contributed by atoms with Gasteiger partial charge in [-0.25, -0.2) is 9.78 Å². The highest BCUT2D eigenvalue weighted by Crippen LogP contribution is 2.20. The SMILES string of the molecule is Cc1ccc(Nc2cc(C)nc(N3CCN(C(=O)CNC(=O)OCc4ccccc4)CC3)n2)cc1. The molecule has 9 nitrogen and oxygen atoms in total. The summed E-state index contributed by atoms with van der Waals surface area (Å²) in [5.74, 6) is 1.22. The van der Waals surface area contributed by atoms with Gasteiger partial charge in [0.05, 0.1) is 0 Å². The number of aromatic nitrogens is 2. The van der Waals surface area contributed by atoms with Crippen molar-refractivity contribution in [2.45, 2.75) is 20.5 Å². The molecule has 1 aromatic heterocycles. The van der Waals surface area contributed by atoms with Gasteiger partial charge in [-0.2, -0.15) is 4.98 Å². The predicted octanol–water partition coefficient (Wildman–Crippen LogP) is 3.41. The second-order valence-corrected chi connectivity index (χ2v) is 8.47. The molecule has 2 amide bonds. The lowest BCUT2D eigenvalue weighted by Gasteiger charge is -2.35. The molecule has 1 fully saturated rings. The van der Waals surface area contributed by atoms with E-state index in [2.05, 4.69) is 32.4 Å². The van der Waals surface area contributed by atoms with E-state index >= 15 is 0 Å². The number of rotatable bonds is 7. The first kappa shape index (κ1) is 24.0. The lowest BCUT2D eigenvalue weighted by Crippen LogP contribution is -2.51. The summed E-state index contributed by atoms with van der Waals surface area (Å²) < 4.78 is 5.16. The van der Waals surface area contributed by atoms with Crippen molar-refractivity contribution in [1.29, 1.82) is 0 Å². The molecule has 2 N–H and O–H groups in total. The van der Waals surface area contributed by atoms with Gasteiger partial charge >= 0.3 is 6.09 Å². The van der Waals surface area contributed by atoms with Crippen LogP contribution in [0.1, 0.15) is 16.8 Å². The number of benzene rings is 2. The van der Waals surface area contributed by atoms with Crippen molar-refractivity contribution in [3.05, 3.63) is 77.5 Å². The quantitative estimate of drug-likeness (QED) is 0.541. The van der Waals surface area contributed by atoms with E-state index in [1.54, 1.807) is 4.90 Å². The highest BCUT2D eigenvalue weighted by Gasteiger charge is 2.23. The Morgan fingerprint density at radius 2 is 1.66 bits per heavy atom. The molecule has 35 heavy (non-hydrogen) atoms. The summed E-state index contributed by atoms with van der Waals surface area (Å²) in [6.07, 6.45) is -0.609. The highest BCUT2D eigenvalue weighted by molar-refractivity contribution is 5.82. The summed E-state index contributed by atoms with van der Waals surface area (Å²) in [4.78, 5) is 37.5. The van der Waals surface area contributed by atoms with Gasteiger partial charge in [0.15, 0.2) is 0 Å². The number of nitrogens with zero attached hydrogens (tertiary/aromatic N) is 4. The number of amides is 2. The third kappa shape index (κ3) is 6.92. The molecule has 0 atom stereocenters. The lowest BCUT2D eigenvalue weighted by molar-refractivity contribution is -0.130. The zero-order valence-corrected chi connectivity index (χ0v) is 20.0. The Balaban J connectivity index is 1.25. The van der Waals surface area contributed by atoms with Crippen LogP contribution >= 0.6 is 0 Å². The fraction of sp³-hybridized carbons (Fsp3) is 0.308. The first-order valence-electron chi connectivity index (χ1n) is 11.6. The van der Waals surface area contributed by atoms with Crippen LogP contribution in [0.4, 0.5) is 22.2 Å². The van der Waals surface area contributed by atoms with Crippen molar-refractivity contribution in [2.75, 3.05) is 42.9 Å². The molecule has 0 spiro atoms. The molecule has 0 radical (unpaired) electrons. The standard InChI is InChI=1S/C26H30N6O3/c1-19-8-10-22(11-9-19)29-23-16-20(2)28-25(30-23)32-14-12-31(13-15-32)24(33)17-27-26(34)35-18-21-6-4-3-5-7-21/h3-11,16H,12-15,17-18H2,1-2H3,(H,27,34)(H,28,29,30). The number of carbonyl (C=O) groups is 2. The van der Waals surface area contributed by atoms with Crippen LogP contribution in [0.25, 0.3) is 0 Å². The molecule has 2 aromatic carbocycles. The first-order chi connectivity index (χ1) is 17.0. The van der Waals surface area contributed by atoms with E-state index < -0.39 is 6.09 Å². The van der Waals surface area contributed by atoms with Gasteiger partial charge in [0.25, 0.3) is 0 Å². The van der Waals surface area contributed by atoms with E-state index in [0.717, 1.165) is 22.8 Å². The Bertz CT molecular complexity index is 1150. The number of anilines is 3. The van der Waals surface area contributed by atoms with Crippen molar-refractivity contribution in [2.24, 2.45) is 0 Å². The van der Waals surface area contributed by atoms with E-state index in [-0.39, 0.29) is 19.1 Å². The number of ether oxygens (including phenoxy) is 1. The van der Waals surface area contributed by atoms with Crippen LogP contribution in [-0.2, 0) is 16.1 Å². The molecule has 0 saturated carbocycles. The minimum atomic E-state index is -0.609. The minimum Gasteiger partial charge on any atom is -0.445 e. The first-order valence-corrected chi connectivity index (χ1v) is 11.6. The average Bonchev–Trinajstić information content (AvgIpc) is 2.88. The smallest absolute Gasteiger partial charge is 0.407 e. The summed E-state index contributed by atoms with van der Waals surface area (Å²) in [5, 5.41) is 5.87. The van der Waals surface area contributed by atoms with E-state index in [1.165, 1.54) is 5.56 Å². The molecule has 0 bridgehead atoms. The number of piperazine rings is 1. The molecule has 1 aliphatic heterocycles. The summed E-state index contributed by atoms with van der Waals surface area (Å²) in [6.45, 7) is 6.32. The molecule has 182 valence electrons. The maximum absolute atomic E-state index is 12.6. The van der Waals surface area contributed by atoms with E-state index in [9.17, 15) is 9.59 Å². The molecule has 0 unspecified atom stereocenters. The Morgan fingerprint density at radius 3 is 2.37 bits per heavy atom. The van der Waals surface area contributed by atoms with Crippen molar-refractivity contribution >= 4 is 29.5 Å². The zero-order valence-electron chi connectivity index (χ0n) is 20.0. The Kier molecular flexibility index (Phi) is 7.77. The fourth-order valence-electron chi connectivity index (χ4n) is 3.73. The molecular formula is C26H30N6O3. The average molecular weight is 475 g/mol. The van der Waals surface area contributed by atoms with Gasteiger partial charge in [0, 0.05) is 43.6 Å². The van der Waals surface area contributed by atoms with Gasteiger partial charge in [0.1, 0.15) is 19.0 Å². The molecule has 1 aliphatic rings. The number of carbonyl (C=O) groups excluding carboxylic acids is 2. The van der Waals surface area contributed by atoms with Crippen molar-refractivity contribution in [3.63, 3.8) is 0 Å². The van der Waals surface area contributed by atoms with Gasteiger partial charge in [0.2, 0.25) is 11.9 Å². The molecule has 4 rings (SSSR count). The number of nitrogens with one attached hydrogen (secondary N) is 2. The second kappa shape index (κ2) is 11.3. The maximum atomic E-state index is 12.6. The van der Waals surface area contributed by atoms with Gasteiger partial charge in [-0.1, -0.05) is 48.0 Å². The second-order valence-electron chi connectivity index (χ2n) is 8.47. The van der Waals surface area contributed by atoms with Crippen LogP contribution in [0.2, 0.25) is 0 Å². The zero-order chi connectivity index (χ0) is 24.6. The molecule has 3 aromatic rings. The molecular weight excluding hydrogens is 444 g/mol. The van der Waals surface area contributed by atoms with E-state index in [4.69, 9.17) is 4.74 Å².